The van der Waals surface area contributed by atoms with Gasteiger partial charge in [0.2, 0.25) is 0 Å². The lowest BCUT2D eigenvalue weighted by Gasteiger charge is -2.00. The lowest BCUT2D eigenvalue weighted by atomic mass is 10.2. The van der Waals surface area contributed by atoms with E-state index in [0.717, 1.165) is 10.1 Å². The summed E-state index contributed by atoms with van der Waals surface area (Å²) in [5.41, 5.74) is 6.08. The van der Waals surface area contributed by atoms with E-state index in [2.05, 4.69) is 10.2 Å². The molecule has 6 heteroatoms. The molecule has 1 heterocycles. The predicted octanol–water partition coefficient (Wildman–Crippen LogP) is -0.505. The summed E-state index contributed by atoms with van der Waals surface area (Å²) < 4.78 is 1.06. The highest BCUT2D eigenvalue weighted by Gasteiger charge is 2.03. The molecule has 2 aromatic rings. The zero-order valence-corrected chi connectivity index (χ0v) is 7.86. The molecule has 0 aliphatic heterocycles. The van der Waals surface area contributed by atoms with E-state index in [4.69, 9.17) is 5.73 Å². The van der Waals surface area contributed by atoms with Crippen molar-refractivity contribution < 1.29 is 0 Å². The number of hydrogen-bond donors (Lipinski definition) is 3. The van der Waals surface area contributed by atoms with E-state index in [1.165, 1.54) is 0 Å². The average Bonchev–Trinajstić information content (AvgIpc) is 2.50. The van der Waals surface area contributed by atoms with Crippen LogP contribution in [0, 0.1) is 0 Å². The number of nitrogens with one attached hydrogen (secondary N) is 2. The third-order valence-corrected chi connectivity index (χ3v) is 2.06. The SMILES string of the molecule is Nc1cccc(Cn2c(=O)[nH][nH]c2=O)c1. The first-order valence-electron chi connectivity index (χ1n) is 4.39. The number of H-pyrrole nitrogens is 2. The molecule has 1 aromatic heterocycles. The van der Waals surface area contributed by atoms with Crippen LogP contribution in [-0.4, -0.2) is 14.8 Å². The van der Waals surface area contributed by atoms with Crippen LogP contribution in [0.3, 0.4) is 0 Å². The molecular formula is C9H10N4O2. The summed E-state index contributed by atoms with van der Waals surface area (Å²) in [6, 6.07) is 7.04. The quantitative estimate of drug-likeness (QED) is 0.577. The molecule has 6 nitrogen and oxygen atoms in total. The van der Waals surface area contributed by atoms with Gasteiger partial charge in [-0.25, -0.2) is 24.4 Å². The summed E-state index contributed by atoms with van der Waals surface area (Å²) in [4.78, 5) is 22.3. The smallest absolute Gasteiger partial charge is 0.344 e. The Kier molecular flexibility index (Phi) is 2.17. The Morgan fingerprint density at radius 2 is 1.87 bits per heavy atom. The van der Waals surface area contributed by atoms with Gasteiger partial charge in [0, 0.05) is 5.69 Å². The van der Waals surface area contributed by atoms with Crippen LogP contribution in [-0.2, 0) is 6.54 Å². The van der Waals surface area contributed by atoms with Gasteiger partial charge >= 0.3 is 11.4 Å². The number of nitrogens with zero attached hydrogens (tertiary/aromatic N) is 1. The number of benzene rings is 1. The highest BCUT2D eigenvalue weighted by atomic mass is 16.2. The van der Waals surface area contributed by atoms with E-state index < -0.39 is 11.4 Å². The van der Waals surface area contributed by atoms with Crippen LogP contribution in [0.25, 0.3) is 0 Å². The average molecular weight is 206 g/mol. The maximum atomic E-state index is 11.2. The maximum Gasteiger partial charge on any atom is 0.344 e. The van der Waals surface area contributed by atoms with Crippen LogP contribution in [0.5, 0.6) is 0 Å². The Morgan fingerprint density at radius 3 is 2.47 bits per heavy atom. The van der Waals surface area contributed by atoms with Gasteiger partial charge in [-0.1, -0.05) is 12.1 Å². The van der Waals surface area contributed by atoms with Crippen molar-refractivity contribution in [2.45, 2.75) is 6.54 Å². The Bertz CT molecular complexity index is 551. The number of aromatic amines is 2. The molecule has 1 aromatic carbocycles. The molecule has 4 N–H and O–H groups in total. The van der Waals surface area contributed by atoms with Crippen molar-refractivity contribution in [3.63, 3.8) is 0 Å². The minimum Gasteiger partial charge on any atom is -0.399 e. The van der Waals surface area contributed by atoms with Gasteiger partial charge in [-0.15, -0.1) is 0 Å². The van der Waals surface area contributed by atoms with Crippen LogP contribution in [0.15, 0.2) is 33.9 Å². The molecule has 15 heavy (non-hydrogen) atoms. The third-order valence-electron chi connectivity index (χ3n) is 2.06. The summed E-state index contributed by atoms with van der Waals surface area (Å²) in [7, 11) is 0. The van der Waals surface area contributed by atoms with Gasteiger partial charge in [0.1, 0.15) is 0 Å². The van der Waals surface area contributed by atoms with E-state index in [1.807, 2.05) is 0 Å². The lowest BCUT2D eigenvalue weighted by molar-refractivity contribution is 0.734. The standard InChI is InChI=1S/C9H10N4O2/c10-7-3-1-2-6(4-7)5-13-8(14)11-12-9(13)15/h1-4H,5,10H2,(H,11,14)(H,12,15). The highest BCUT2D eigenvalue weighted by molar-refractivity contribution is 5.40. The number of rotatable bonds is 2. The molecule has 0 amide bonds. The minimum absolute atomic E-state index is 0.211. The first-order valence-corrected chi connectivity index (χ1v) is 4.39. The summed E-state index contributed by atoms with van der Waals surface area (Å²) in [5, 5.41) is 4.42. The van der Waals surface area contributed by atoms with Gasteiger partial charge in [0.25, 0.3) is 0 Å². The van der Waals surface area contributed by atoms with Crippen LogP contribution < -0.4 is 17.1 Å². The first kappa shape index (κ1) is 9.32. The molecule has 0 saturated carbocycles. The molecule has 0 bridgehead atoms. The highest BCUT2D eigenvalue weighted by Crippen LogP contribution is 2.06. The maximum absolute atomic E-state index is 11.2. The van der Waals surface area contributed by atoms with Crippen molar-refractivity contribution in [1.29, 1.82) is 0 Å². The molecule has 0 saturated heterocycles. The van der Waals surface area contributed by atoms with Crippen molar-refractivity contribution in [1.82, 2.24) is 14.8 Å². The second-order valence-corrected chi connectivity index (χ2v) is 3.19. The Balaban J connectivity index is 2.38. The molecule has 0 fully saturated rings. The number of nitrogens with two attached hydrogens (primary N) is 1. The summed E-state index contributed by atoms with van der Waals surface area (Å²) >= 11 is 0. The minimum atomic E-state index is -0.456. The Morgan fingerprint density at radius 1 is 1.20 bits per heavy atom. The molecule has 2 rings (SSSR count). The van der Waals surface area contributed by atoms with Crippen LogP contribution in [0.4, 0.5) is 5.69 Å². The molecule has 0 aliphatic carbocycles. The Labute approximate surface area is 84.3 Å². The third kappa shape index (κ3) is 1.83. The normalized spacial score (nSPS) is 10.4. The first-order chi connectivity index (χ1) is 7.16. The number of aromatic nitrogens is 3. The zero-order chi connectivity index (χ0) is 10.8. The van der Waals surface area contributed by atoms with Gasteiger partial charge in [-0.2, -0.15) is 0 Å². The van der Waals surface area contributed by atoms with E-state index in [0.29, 0.717) is 5.69 Å². The fraction of sp³-hybridized carbons (Fsp3) is 0.111. The number of hydrogen-bond acceptors (Lipinski definition) is 3. The predicted molar refractivity (Wildman–Crippen MR) is 55.6 cm³/mol. The van der Waals surface area contributed by atoms with Gasteiger partial charge in [-0.05, 0) is 17.7 Å². The van der Waals surface area contributed by atoms with Gasteiger partial charge in [0.05, 0.1) is 6.54 Å². The van der Waals surface area contributed by atoms with Crippen molar-refractivity contribution in [2.24, 2.45) is 0 Å². The van der Waals surface area contributed by atoms with Crippen molar-refractivity contribution in [3.05, 3.63) is 50.8 Å². The summed E-state index contributed by atoms with van der Waals surface area (Å²) in [6.45, 7) is 0.211. The van der Waals surface area contributed by atoms with Crippen molar-refractivity contribution >= 4 is 5.69 Å². The number of anilines is 1. The molecular weight excluding hydrogens is 196 g/mol. The molecule has 0 atom stereocenters. The van der Waals surface area contributed by atoms with E-state index in [1.54, 1.807) is 24.3 Å². The largest absolute Gasteiger partial charge is 0.399 e. The second-order valence-electron chi connectivity index (χ2n) is 3.19. The Hall–Kier alpha value is -2.24. The van der Waals surface area contributed by atoms with Crippen molar-refractivity contribution in [2.75, 3.05) is 5.73 Å². The fourth-order valence-corrected chi connectivity index (χ4v) is 1.35. The van der Waals surface area contributed by atoms with E-state index in [9.17, 15) is 9.59 Å². The van der Waals surface area contributed by atoms with Gasteiger partial charge in [-0.3, -0.25) is 0 Å². The van der Waals surface area contributed by atoms with Gasteiger partial charge in [0.15, 0.2) is 0 Å². The van der Waals surface area contributed by atoms with E-state index >= 15 is 0 Å². The molecule has 0 unspecified atom stereocenters. The molecule has 0 spiro atoms. The van der Waals surface area contributed by atoms with E-state index in [-0.39, 0.29) is 6.54 Å². The van der Waals surface area contributed by atoms with Crippen LogP contribution in [0.1, 0.15) is 5.56 Å². The van der Waals surface area contributed by atoms with Crippen LogP contribution in [0.2, 0.25) is 0 Å². The molecule has 78 valence electrons. The summed E-state index contributed by atoms with van der Waals surface area (Å²) in [5.74, 6) is 0. The topological polar surface area (TPSA) is 96.7 Å². The monoisotopic (exact) mass is 206 g/mol. The van der Waals surface area contributed by atoms with Crippen LogP contribution >= 0.6 is 0 Å². The molecule has 0 radical (unpaired) electrons. The fourth-order valence-electron chi connectivity index (χ4n) is 1.35. The summed E-state index contributed by atoms with van der Waals surface area (Å²) in [6.07, 6.45) is 0. The lowest BCUT2D eigenvalue weighted by Crippen LogP contribution is -2.26. The second kappa shape index (κ2) is 3.49. The molecule has 0 aliphatic rings. The van der Waals surface area contributed by atoms with Crippen molar-refractivity contribution in [3.8, 4) is 0 Å². The zero-order valence-electron chi connectivity index (χ0n) is 7.86. The number of nitrogen functional groups attached to an aromatic ring is 1. The van der Waals surface area contributed by atoms with Gasteiger partial charge < -0.3 is 5.73 Å².